The highest BCUT2D eigenvalue weighted by molar-refractivity contribution is 5.19. The lowest BCUT2D eigenvalue weighted by atomic mass is 10.3. The van der Waals surface area contributed by atoms with Crippen LogP contribution in [0.1, 0.15) is 19.0 Å². The lowest BCUT2D eigenvalue weighted by Gasteiger charge is -2.06. The van der Waals surface area contributed by atoms with E-state index in [1.54, 1.807) is 13.3 Å². The summed E-state index contributed by atoms with van der Waals surface area (Å²) in [6, 6.07) is 3.91. The molecule has 1 rings (SSSR count). The molecular weight excluding hydrogens is 204 g/mol. The van der Waals surface area contributed by atoms with E-state index in [0.717, 1.165) is 31.0 Å². The van der Waals surface area contributed by atoms with Crippen LogP contribution in [0, 0.1) is 0 Å². The molecule has 0 aliphatic rings. The summed E-state index contributed by atoms with van der Waals surface area (Å²) in [4.78, 5) is 4.30. The van der Waals surface area contributed by atoms with Crippen molar-refractivity contribution in [1.82, 2.24) is 10.3 Å². The Morgan fingerprint density at radius 3 is 2.81 bits per heavy atom. The Kier molecular flexibility index (Phi) is 6.53. The largest absolute Gasteiger partial charge is 0.490 e. The van der Waals surface area contributed by atoms with E-state index in [-0.39, 0.29) is 0 Å². The fourth-order valence-corrected chi connectivity index (χ4v) is 1.24. The molecule has 0 atom stereocenters. The molecule has 4 nitrogen and oxygen atoms in total. The Morgan fingerprint density at radius 1 is 1.31 bits per heavy atom. The number of nitrogens with zero attached hydrogens (tertiary/aromatic N) is 1. The lowest BCUT2D eigenvalue weighted by molar-refractivity contribution is 0.146. The number of pyridine rings is 1. The van der Waals surface area contributed by atoms with Gasteiger partial charge in [-0.05, 0) is 25.1 Å². The van der Waals surface area contributed by atoms with Gasteiger partial charge >= 0.3 is 0 Å². The molecule has 0 saturated heterocycles. The van der Waals surface area contributed by atoms with E-state index in [1.807, 2.05) is 12.1 Å². The molecule has 0 fully saturated rings. The predicted molar refractivity (Wildman–Crippen MR) is 63.6 cm³/mol. The number of hydrogen-bond acceptors (Lipinski definition) is 4. The Bertz CT molecular complexity index is 246. The monoisotopic (exact) mass is 224 g/mol. The molecule has 4 heteroatoms. The summed E-state index contributed by atoms with van der Waals surface area (Å²) in [7, 11) is 1.66. The summed E-state index contributed by atoms with van der Waals surface area (Å²) in [5, 5.41) is 3.30. The third kappa shape index (κ3) is 5.09. The zero-order valence-electron chi connectivity index (χ0n) is 10.0. The van der Waals surface area contributed by atoms with Crippen LogP contribution in [0.5, 0.6) is 5.75 Å². The van der Waals surface area contributed by atoms with Crippen LogP contribution in [0.4, 0.5) is 0 Å². The molecular formula is C12H20N2O2. The maximum absolute atomic E-state index is 5.42. The SMILES string of the molecule is CCCNCc1ccc(OCCOC)cn1. The summed E-state index contributed by atoms with van der Waals surface area (Å²) in [5.41, 5.74) is 1.03. The molecule has 0 aromatic carbocycles. The minimum atomic E-state index is 0.561. The van der Waals surface area contributed by atoms with E-state index in [0.29, 0.717) is 13.2 Å². The maximum Gasteiger partial charge on any atom is 0.137 e. The zero-order chi connectivity index (χ0) is 11.6. The average Bonchev–Trinajstić information content (AvgIpc) is 2.32. The molecule has 0 aliphatic carbocycles. The smallest absolute Gasteiger partial charge is 0.137 e. The quantitative estimate of drug-likeness (QED) is 0.681. The summed E-state index contributed by atoms with van der Waals surface area (Å²) in [6.07, 6.45) is 2.89. The minimum absolute atomic E-state index is 0.561. The van der Waals surface area contributed by atoms with Crippen LogP contribution in [0.3, 0.4) is 0 Å². The fraction of sp³-hybridized carbons (Fsp3) is 0.583. The standard InChI is InChI=1S/C12H20N2O2/c1-3-6-13-9-11-4-5-12(10-14-11)16-8-7-15-2/h4-5,10,13H,3,6-9H2,1-2H3. The molecule has 0 saturated carbocycles. The van der Waals surface area contributed by atoms with E-state index in [1.165, 1.54) is 0 Å². The summed E-state index contributed by atoms with van der Waals surface area (Å²) in [5.74, 6) is 0.788. The van der Waals surface area contributed by atoms with Crippen molar-refractivity contribution in [1.29, 1.82) is 0 Å². The van der Waals surface area contributed by atoms with Crippen molar-refractivity contribution in [3.63, 3.8) is 0 Å². The van der Waals surface area contributed by atoms with Gasteiger partial charge in [0.2, 0.25) is 0 Å². The van der Waals surface area contributed by atoms with Crippen LogP contribution in [0.15, 0.2) is 18.3 Å². The van der Waals surface area contributed by atoms with E-state index in [2.05, 4.69) is 17.2 Å². The Hall–Kier alpha value is -1.13. The number of rotatable bonds is 8. The molecule has 1 N–H and O–H groups in total. The zero-order valence-corrected chi connectivity index (χ0v) is 10.0. The maximum atomic E-state index is 5.42. The number of ether oxygens (including phenoxy) is 2. The van der Waals surface area contributed by atoms with Gasteiger partial charge in [-0.1, -0.05) is 6.92 Å². The molecule has 1 heterocycles. The van der Waals surface area contributed by atoms with Crippen LogP contribution in [-0.4, -0.2) is 31.9 Å². The first-order valence-electron chi connectivity index (χ1n) is 5.64. The topological polar surface area (TPSA) is 43.4 Å². The fourth-order valence-electron chi connectivity index (χ4n) is 1.24. The van der Waals surface area contributed by atoms with Gasteiger partial charge in [0.05, 0.1) is 18.5 Å². The van der Waals surface area contributed by atoms with Gasteiger partial charge in [0.1, 0.15) is 12.4 Å². The highest BCUT2D eigenvalue weighted by atomic mass is 16.5. The van der Waals surface area contributed by atoms with Crippen molar-refractivity contribution >= 4 is 0 Å². The highest BCUT2D eigenvalue weighted by Gasteiger charge is 1.96. The van der Waals surface area contributed by atoms with Gasteiger partial charge in [0.15, 0.2) is 0 Å². The number of aromatic nitrogens is 1. The predicted octanol–water partition coefficient (Wildman–Crippen LogP) is 1.61. The first-order valence-corrected chi connectivity index (χ1v) is 5.64. The second kappa shape index (κ2) is 8.07. The van der Waals surface area contributed by atoms with Gasteiger partial charge < -0.3 is 14.8 Å². The highest BCUT2D eigenvalue weighted by Crippen LogP contribution is 2.08. The van der Waals surface area contributed by atoms with E-state index >= 15 is 0 Å². The van der Waals surface area contributed by atoms with Gasteiger partial charge in [-0.15, -0.1) is 0 Å². The summed E-state index contributed by atoms with van der Waals surface area (Å²) in [6.45, 7) is 5.14. The van der Waals surface area contributed by atoms with Crippen LogP contribution < -0.4 is 10.1 Å². The number of nitrogens with one attached hydrogen (secondary N) is 1. The van der Waals surface area contributed by atoms with Crippen molar-refractivity contribution in [3.8, 4) is 5.75 Å². The second-order valence-corrected chi connectivity index (χ2v) is 3.50. The van der Waals surface area contributed by atoms with Crippen molar-refractivity contribution in [2.24, 2.45) is 0 Å². The molecule has 0 unspecified atom stereocenters. The Morgan fingerprint density at radius 2 is 2.19 bits per heavy atom. The van der Waals surface area contributed by atoms with Gasteiger partial charge in [-0.25, -0.2) is 0 Å². The van der Waals surface area contributed by atoms with Crippen molar-refractivity contribution in [2.45, 2.75) is 19.9 Å². The lowest BCUT2D eigenvalue weighted by Crippen LogP contribution is -2.14. The molecule has 1 aromatic heterocycles. The van der Waals surface area contributed by atoms with E-state index < -0.39 is 0 Å². The van der Waals surface area contributed by atoms with Gasteiger partial charge in [0.25, 0.3) is 0 Å². The molecule has 0 spiro atoms. The average molecular weight is 224 g/mol. The Labute approximate surface area is 97.0 Å². The van der Waals surface area contributed by atoms with Crippen LogP contribution >= 0.6 is 0 Å². The van der Waals surface area contributed by atoms with Gasteiger partial charge in [-0.3, -0.25) is 4.98 Å². The van der Waals surface area contributed by atoms with Crippen LogP contribution in [0.2, 0.25) is 0 Å². The third-order valence-corrected chi connectivity index (χ3v) is 2.09. The van der Waals surface area contributed by atoms with Crippen LogP contribution in [0.25, 0.3) is 0 Å². The third-order valence-electron chi connectivity index (χ3n) is 2.09. The molecule has 0 bridgehead atoms. The normalized spacial score (nSPS) is 10.4. The minimum Gasteiger partial charge on any atom is -0.490 e. The van der Waals surface area contributed by atoms with Crippen LogP contribution in [-0.2, 0) is 11.3 Å². The van der Waals surface area contributed by atoms with Crippen molar-refractivity contribution in [3.05, 3.63) is 24.0 Å². The second-order valence-electron chi connectivity index (χ2n) is 3.50. The first-order chi connectivity index (χ1) is 7.86. The van der Waals surface area contributed by atoms with E-state index in [4.69, 9.17) is 9.47 Å². The van der Waals surface area contributed by atoms with Gasteiger partial charge in [0, 0.05) is 13.7 Å². The Balaban J connectivity index is 2.30. The number of methoxy groups -OCH3 is 1. The van der Waals surface area contributed by atoms with Crippen molar-refractivity contribution < 1.29 is 9.47 Å². The molecule has 90 valence electrons. The molecule has 1 aromatic rings. The molecule has 0 aliphatic heterocycles. The summed E-state index contributed by atoms with van der Waals surface area (Å²) < 4.78 is 10.3. The van der Waals surface area contributed by atoms with E-state index in [9.17, 15) is 0 Å². The molecule has 0 radical (unpaired) electrons. The summed E-state index contributed by atoms with van der Waals surface area (Å²) >= 11 is 0. The number of hydrogen-bond donors (Lipinski definition) is 1. The molecule has 16 heavy (non-hydrogen) atoms. The first kappa shape index (κ1) is 12.9. The van der Waals surface area contributed by atoms with Gasteiger partial charge in [-0.2, -0.15) is 0 Å². The molecule has 0 amide bonds. The van der Waals surface area contributed by atoms with Crippen molar-refractivity contribution in [2.75, 3.05) is 26.9 Å².